The molecule has 0 saturated heterocycles. The summed E-state index contributed by atoms with van der Waals surface area (Å²) in [5, 5.41) is 11.8. The third-order valence-corrected chi connectivity index (χ3v) is 5.11. The molecular weight excluding hydrogens is 262 g/mol. The van der Waals surface area contributed by atoms with Gasteiger partial charge in [0.25, 0.3) is 5.91 Å². The number of hydrogen-bond acceptors (Lipinski definition) is 3. The van der Waals surface area contributed by atoms with E-state index in [2.05, 4.69) is 5.32 Å². The van der Waals surface area contributed by atoms with Gasteiger partial charge in [0.15, 0.2) is 0 Å². The largest absolute Gasteiger partial charge is 0.481 e. The molecule has 1 heterocycles. The van der Waals surface area contributed by atoms with Crippen LogP contribution >= 0.6 is 11.3 Å². The Bertz CT molecular complexity index is 497. The Hall–Kier alpha value is -1.36. The lowest BCUT2D eigenvalue weighted by Crippen LogP contribution is -2.37. The van der Waals surface area contributed by atoms with Gasteiger partial charge in [-0.1, -0.05) is 0 Å². The molecule has 4 nitrogen and oxygen atoms in total. The number of carbonyl (C=O) groups excluding carboxylic acids is 1. The van der Waals surface area contributed by atoms with Crippen LogP contribution < -0.4 is 5.32 Å². The summed E-state index contributed by atoms with van der Waals surface area (Å²) in [5.41, 5.74) is 1.30. The zero-order valence-corrected chi connectivity index (χ0v) is 11.5. The number of carbonyl (C=O) groups is 2. The predicted molar refractivity (Wildman–Crippen MR) is 72.6 cm³/mol. The van der Waals surface area contributed by atoms with Crippen LogP contribution in [-0.4, -0.2) is 23.0 Å². The molecule has 0 radical (unpaired) electrons. The Kier molecular flexibility index (Phi) is 3.31. The van der Waals surface area contributed by atoms with Crippen molar-refractivity contribution >= 4 is 23.2 Å². The molecule has 0 bridgehead atoms. The van der Waals surface area contributed by atoms with Gasteiger partial charge in [-0.05, 0) is 49.7 Å². The van der Waals surface area contributed by atoms with E-state index in [-0.39, 0.29) is 18.4 Å². The molecule has 1 amide bonds. The first-order valence-corrected chi connectivity index (χ1v) is 7.59. The van der Waals surface area contributed by atoms with Gasteiger partial charge >= 0.3 is 5.97 Å². The van der Waals surface area contributed by atoms with E-state index in [0.717, 1.165) is 30.6 Å². The zero-order chi connectivity index (χ0) is 13.4. The van der Waals surface area contributed by atoms with Crippen LogP contribution in [0.15, 0.2) is 6.07 Å². The molecular formula is C14H17NO3S. The lowest BCUT2D eigenvalue weighted by atomic mass is 10.1. The van der Waals surface area contributed by atoms with Gasteiger partial charge in [-0.25, -0.2) is 0 Å². The molecule has 2 aliphatic carbocycles. The Balaban J connectivity index is 1.67. The quantitative estimate of drug-likeness (QED) is 0.868. The number of amides is 1. The molecule has 3 rings (SSSR count). The number of aryl methyl sites for hydroxylation is 2. The number of carboxylic acid groups (broad SMARTS) is 1. The molecule has 1 unspecified atom stereocenters. The normalized spacial score (nSPS) is 18.9. The second-order valence-corrected chi connectivity index (χ2v) is 6.56. The minimum absolute atomic E-state index is 0.0293. The first kappa shape index (κ1) is 12.7. The van der Waals surface area contributed by atoms with E-state index < -0.39 is 5.97 Å². The number of thiophene rings is 1. The fraction of sp³-hybridized carbons (Fsp3) is 0.571. The Morgan fingerprint density at radius 1 is 1.42 bits per heavy atom. The second kappa shape index (κ2) is 4.96. The van der Waals surface area contributed by atoms with Gasteiger partial charge in [-0.2, -0.15) is 0 Å². The van der Waals surface area contributed by atoms with E-state index >= 15 is 0 Å². The summed E-state index contributed by atoms with van der Waals surface area (Å²) in [7, 11) is 0. The van der Waals surface area contributed by atoms with Crippen molar-refractivity contribution in [3.05, 3.63) is 21.4 Å². The van der Waals surface area contributed by atoms with Gasteiger partial charge < -0.3 is 10.4 Å². The first-order chi connectivity index (χ1) is 9.13. The average molecular weight is 279 g/mol. The highest BCUT2D eigenvalue weighted by Gasteiger charge is 2.34. The van der Waals surface area contributed by atoms with Crippen LogP contribution in [0.5, 0.6) is 0 Å². The van der Waals surface area contributed by atoms with Gasteiger partial charge in [-0.3, -0.25) is 9.59 Å². The maximum atomic E-state index is 12.2. The molecule has 102 valence electrons. The topological polar surface area (TPSA) is 66.4 Å². The third kappa shape index (κ3) is 2.81. The number of carboxylic acids is 1. The van der Waals surface area contributed by atoms with Gasteiger partial charge in [0, 0.05) is 10.9 Å². The SMILES string of the molecule is O=C(O)CC(NC(=O)c1cc2c(s1)CCC2)C1CC1. The van der Waals surface area contributed by atoms with Crippen LogP contribution in [0, 0.1) is 5.92 Å². The summed E-state index contributed by atoms with van der Waals surface area (Å²) in [6.45, 7) is 0. The molecule has 0 spiro atoms. The van der Waals surface area contributed by atoms with Crippen molar-refractivity contribution in [2.24, 2.45) is 5.92 Å². The van der Waals surface area contributed by atoms with E-state index in [1.165, 1.54) is 16.9 Å². The maximum absolute atomic E-state index is 12.2. The highest BCUT2D eigenvalue weighted by Crippen LogP contribution is 2.35. The third-order valence-electron chi connectivity index (χ3n) is 3.87. The van der Waals surface area contributed by atoms with E-state index in [1.54, 1.807) is 11.3 Å². The average Bonchev–Trinajstić information content (AvgIpc) is 2.95. The van der Waals surface area contributed by atoms with Crippen molar-refractivity contribution in [1.82, 2.24) is 5.32 Å². The Morgan fingerprint density at radius 2 is 2.21 bits per heavy atom. The lowest BCUT2D eigenvalue weighted by Gasteiger charge is -2.15. The van der Waals surface area contributed by atoms with Crippen LogP contribution in [0.4, 0.5) is 0 Å². The molecule has 0 aliphatic heterocycles. The molecule has 2 aliphatic rings. The van der Waals surface area contributed by atoms with Crippen LogP contribution in [0.25, 0.3) is 0 Å². The molecule has 1 fully saturated rings. The summed E-state index contributed by atoms with van der Waals surface area (Å²) < 4.78 is 0. The fourth-order valence-corrected chi connectivity index (χ4v) is 3.86. The molecule has 2 N–H and O–H groups in total. The number of aliphatic carboxylic acids is 1. The van der Waals surface area contributed by atoms with Crippen LogP contribution in [-0.2, 0) is 17.6 Å². The Labute approximate surface area is 115 Å². The lowest BCUT2D eigenvalue weighted by molar-refractivity contribution is -0.137. The van der Waals surface area contributed by atoms with Crippen molar-refractivity contribution in [2.45, 2.75) is 44.6 Å². The van der Waals surface area contributed by atoms with Crippen molar-refractivity contribution < 1.29 is 14.7 Å². The van der Waals surface area contributed by atoms with Gasteiger partial charge in [0.05, 0.1) is 11.3 Å². The van der Waals surface area contributed by atoms with Crippen molar-refractivity contribution in [3.63, 3.8) is 0 Å². The van der Waals surface area contributed by atoms with Crippen LogP contribution in [0.3, 0.4) is 0 Å². The summed E-state index contributed by atoms with van der Waals surface area (Å²) in [5.74, 6) is -0.588. The highest BCUT2D eigenvalue weighted by molar-refractivity contribution is 7.14. The van der Waals surface area contributed by atoms with Crippen LogP contribution in [0.2, 0.25) is 0 Å². The number of fused-ring (bicyclic) bond motifs is 1. The van der Waals surface area contributed by atoms with Crippen molar-refractivity contribution in [1.29, 1.82) is 0 Å². The standard InChI is InChI=1S/C14H17NO3S/c16-13(17)7-10(8-4-5-8)15-14(18)12-6-9-2-1-3-11(9)19-12/h6,8,10H,1-5,7H2,(H,15,18)(H,16,17). The van der Waals surface area contributed by atoms with Crippen LogP contribution in [0.1, 0.15) is 45.8 Å². The minimum Gasteiger partial charge on any atom is -0.481 e. The summed E-state index contributed by atoms with van der Waals surface area (Å²) in [4.78, 5) is 25.1. The molecule has 19 heavy (non-hydrogen) atoms. The number of rotatable bonds is 5. The van der Waals surface area contributed by atoms with Crippen molar-refractivity contribution in [3.8, 4) is 0 Å². The second-order valence-electron chi connectivity index (χ2n) is 5.43. The minimum atomic E-state index is -0.842. The number of nitrogens with one attached hydrogen (secondary N) is 1. The monoisotopic (exact) mass is 279 g/mol. The van der Waals surface area contributed by atoms with Crippen molar-refractivity contribution in [2.75, 3.05) is 0 Å². The number of hydrogen-bond donors (Lipinski definition) is 2. The molecule has 1 saturated carbocycles. The molecule has 5 heteroatoms. The summed E-state index contributed by atoms with van der Waals surface area (Å²) in [6, 6.07) is 1.77. The van der Waals surface area contributed by atoms with E-state index in [9.17, 15) is 9.59 Å². The first-order valence-electron chi connectivity index (χ1n) is 6.77. The molecule has 1 aromatic heterocycles. The molecule has 0 aromatic carbocycles. The smallest absolute Gasteiger partial charge is 0.305 e. The fourth-order valence-electron chi connectivity index (χ4n) is 2.70. The predicted octanol–water partition coefficient (Wildman–Crippen LogP) is 2.22. The Morgan fingerprint density at radius 3 is 2.84 bits per heavy atom. The molecule has 1 atom stereocenters. The maximum Gasteiger partial charge on any atom is 0.305 e. The zero-order valence-electron chi connectivity index (χ0n) is 10.6. The van der Waals surface area contributed by atoms with E-state index in [0.29, 0.717) is 5.92 Å². The van der Waals surface area contributed by atoms with Gasteiger partial charge in [-0.15, -0.1) is 11.3 Å². The van der Waals surface area contributed by atoms with E-state index in [1.807, 2.05) is 6.07 Å². The van der Waals surface area contributed by atoms with E-state index in [4.69, 9.17) is 5.11 Å². The summed E-state index contributed by atoms with van der Waals surface area (Å²) >= 11 is 1.56. The highest BCUT2D eigenvalue weighted by atomic mass is 32.1. The van der Waals surface area contributed by atoms with Gasteiger partial charge in [0.1, 0.15) is 0 Å². The van der Waals surface area contributed by atoms with Gasteiger partial charge in [0.2, 0.25) is 0 Å². The molecule has 1 aromatic rings. The summed E-state index contributed by atoms with van der Waals surface area (Å²) in [6.07, 6.45) is 5.42.